The van der Waals surface area contributed by atoms with Crippen LogP contribution in [0, 0.1) is 6.92 Å². The van der Waals surface area contributed by atoms with Crippen molar-refractivity contribution in [1.82, 2.24) is 15.3 Å². The summed E-state index contributed by atoms with van der Waals surface area (Å²) in [6.45, 7) is 2.63. The van der Waals surface area contributed by atoms with Gasteiger partial charge in [-0.25, -0.2) is 0 Å². The van der Waals surface area contributed by atoms with Gasteiger partial charge in [-0.15, -0.1) is 0 Å². The number of pyridine rings is 2. The molecular formula is C19H19N3O3. The lowest BCUT2D eigenvalue weighted by atomic mass is 10.2. The molecule has 128 valence electrons. The van der Waals surface area contributed by atoms with Gasteiger partial charge in [0.15, 0.2) is 5.43 Å². The highest BCUT2D eigenvalue weighted by Crippen LogP contribution is 2.22. The molecule has 2 heterocycles. The van der Waals surface area contributed by atoms with Gasteiger partial charge in [0.05, 0.1) is 6.61 Å². The zero-order valence-electron chi connectivity index (χ0n) is 13.9. The molecule has 2 aromatic heterocycles. The summed E-state index contributed by atoms with van der Waals surface area (Å²) in [7, 11) is 0. The molecule has 0 spiro atoms. The molecule has 6 heteroatoms. The lowest BCUT2D eigenvalue weighted by molar-refractivity contribution is 0.0950. The van der Waals surface area contributed by atoms with Gasteiger partial charge in [0, 0.05) is 36.1 Å². The summed E-state index contributed by atoms with van der Waals surface area (Å²) in [6.07, 6.45) is 3.79. The maximum absolute atomic E-state index is 12.0. The molecule has 0 bridgehead atoms. The van der Waals surface area contributed by atoms with E-state index in [1.165, 1.54) is 12.3 Å². The molecule has 25 heavy (non-hydrogen) atoms. The van der Waals surface area contributed by atoms with Crippen LogP contribution in [0.3, 0.4) is 0 Å². The Hall–Kier alpha value is -3.15. The van der Waals surface area contributed by atoms with Gasteiger partial charge in [0.1, 0.15) is 16.8 Å². The Labute approximate surface area is 144 Å². The number of nitrogens with zero attached hydrogens (tertiary/aromatic N) is 1. The average molecular weight is 337 g/mol. The molecule has 3 aromatic rings. The molecule has 0 radical (unpaired) electrons. The number of benzene rings is 1. The molecule has 2 N–H and O–H groups in total. The third kappa shape index (κ3) is 4.03. The van der Waals surface area contributed by atoms with E-state index in [1.54, 1.807) is 13.1 Å². The van der Waals surface area contributed by atoms with Gasteiger partial charge in [-0.05, 0) is 25.5 Å². The second-order valence-corrected chi connectivity index (χ2v) is 5.68. The number of amides is 1. The third-order valence-electron chi connectivity index (χ3n) is 3.76. The first-order valence-corrected chi connectivity index (χ1v) is 8.09. The Morgan fingerprint density at radius 3 is 2.96 bits per heavy atom. The van der Waals surface area contributed by atoms with Crippen molar-refractivity contribution in [3.8, 4) is 5.75 Å². The van der Waals surface area contributed by atoms with Crippen LogP contribution in [-0.2, 0) is 0 Å². The number of H-pyrrole nitrogens is 1. The zero-order valence-corrected chi connectivity index (χ0v) is 13.9. The molecule has 0 aliphatic heterocycles. The molecule has 0 aliphatic rings. The van der Waals surface area contributed by atoms with Crippen molar-refractivity contribution < 1.29 is 9.53 Å². The van der Waals surface area contributed by atoms with Gasteiger partial charge in [0.25, 0.3) is 5.91 Å². The first kappa shape index (κ1) is 16.7. The molecule has 0 fully saturated rings. The number of nitrogens with one attached hydrogen (secondary N) is 2. The largest absolute Gasteiger partial charge is 0.491 e. The van der Waals surface area contributed by atoms with Crippen LogP contribution in [0.25, 0.3) is 10.9 Å². The third-order valence-corrected chi connectivity index (χ3v) is 3.76. The summed E-state index contributed by atoms with van der Waals surface area (Å²) in [4.78, 5) is 31.0. The number of carbonyl (C=O) groups is 1. The van der Waals surface area contributed by atoms with Crippen molar-refractivity contribution in [2.45, 2.75) is 13.3 Å². The maximum Gasteiger partial charge on any atom is 0.256 e. The molecule has 6 nitrogen and oxygen atoms in total. The Kier molecular flexibility index (Phi) is 5.09. The summed E-state index contributed by atoms with van der Waals surface area (Å²) in [5.74, 6) is 0.340. The SMILES string of the molecule is Cc1cc(=O)c(C(=O)NCCCOc2cccc3cccnc23)c[nH]1. The molecule has 0 atom stereocenters. The number of carbonyl (C=O) groups excluding carboxylic acids is 1. The van der Waals surface area contributed by atoms with Crippen molar-refractivity contribution in [1.29, 1.82) is 0 Å². The van der Waals surface area contributed by atoms with Gasteiger partial charge in [0.2, 0.25) is 0 Å². The van der Waals surface area contributed by atoms with Crippen LogP contribution < -0.4 is 15.5 Å². The number of aromatic amines is 1. The molecule has 0 aliphatic carbocycles. The highest BCUT2D eigenvalue weighted by molar-refractivity contribution is 5.93. The van der Waals surface area contributed by atoms with Gasteiger partial charge in [-0.2, -0.15) is 0 Å². The molecule has 1 amide bonds. The fraction of sp³-hybridized carbons (Fsp3) is 0.211. The molecule has 3 rings (SSSR count). The first-order valence-electron chi connectivity index (χ1n) is 8.09. The van der Waals surface area contributed by atoms with Crippen molar-refractivity contribution >= 4 is 16.8 Å². The van der Waals surface area contributed by atoms with Crippen LogP contribution in [0.5, 0.6) is 5.75 Å². The van der Waals surface area contributed by atoms with Crippen molar-refractivity contribution in [2.24, 2.45) is 0 Å². The second-order valence-electron chi connectivity index (χ2n) is 5.68. The fourth-order valence-corrected chi connectivity index (χ4v) is 2.49. The van der Waals surface area contributed by atoms with Crippen LogP contribution in [0.15, 0.2) is 53.6 Å². The number of fused-ring (bicyclic) bond motifs is 1. The standard InChI is InChI=1S/C19H19N3O3/c1-13-11-16(23)15(12-22-13)19(24)21-9-4-10-25-17-7-2-5-14-6-3-8-20-18(14)17/h2-3,5-8,11-12H,4,9-10H2,1H3,(H,21,24)(H,22,23). The smallest absolute Gasteiger partial charge is 0.256 e. The summed E-state index contributed by atoms with van der Waals surface area (Å²) in [5, 5.41) is 3.75. The molecule has 0 unspecified atom stereocenters. The summed E-state index contributed by atoms with van der Waals surface area (Å²) in [6, 6.07) is 11.0. The van der Waals surface area contributed by atoms with E-state index in [4.69, 9.17) is 4.74 Å². The van der Waals surface area contributed by atoms with Gasteiger partial charge in [-0.1, -0.05) is 18.2 Å². The van der Waals surface area contributed by atoms with E-state index in [-0.39, 0.29) is 16.9 Å². The Morgan fingerprint density at radius 1 is 1.28 bits per heavy atom. The summed E-state index contributed by atoms with van der Waals surface area (Å²) in [5.41, 5.74) is 1.37. The maximum atomic E-state index is 12.0. The van der Waals surface area contributed by atoms with Gasteiger partial charge >= 0.3 is 0 Å². The number of para-hydroxylation sites is 1. The number of aromatic nitrogens is 2. The van der Waals surface area contributed by atoms with E-state index in [1.807, 2.05) is 30.3 Å². The van der Waals surface area contributed by atoms with Crippen molar-refractivity contribution in [2.75, 3.05) is 13.2 Å². The second kappa shape index (κ2) is 7.61. The van der Waals surface area contributed by atoms with E-state index >= 15 is 0 Å². The lowest BCUT2D eigenvalue weighted by Gasteiger charge is -2.09. The molecular weight excluding hydrogens is 318 g/mol. The minimum absolute atomic E-state index is 0.116. The van der Waals surface area contributed by atoms with Gasteiger partial charge in [-0.3, -0.25) is 14.6 Å². The van der Waals surface area contributed by atoms with E-state index in [0.29, 0.717) is 19.6 Å². The number of hydrogen-bond donors (Lipinski definition) is 2. The van der Waals surface area contributed by atoms with Crippen molar-refractivity contribution in [3.63, 3.8) is 0 Å². The molecule has 0 saturated carbocycles. The molecule has 1 aromatic carbocycles. The number of rotatable bonds is 6. The first-order chi connectivity index (χ1) is 12.1. The topological polar surface area (TPSA) is 84.1 Å². The van der Waals surface area contributed by atoms with Crippen LogP contribution in [0.1, 0.15) is 22.5 Å². The van der Waals surface area contributed by atoms with E-state index in [0.717, 1.165) is 22.3 Å². The van der Waals surface area contributed by atoms with Crippen LogP contribution in [0.4, 0.5) is 0 Å². The predicted molar refractivity (Wildman–Crippen MR) is 96.0 cm³/mol. The monoisotopic (exact) mass is 337 g/mol. The van der Waals surface area contributed by atoms with Crippen LogP contribution in [-0.4, -0.2) is 29.0 Å². The summed E-state index contributed by atoms with van der Waals surface area (Å²) >= 11 is 0. The normalized spacial score (nSPS) is 10.6. The lowest BCUT2D eigenvalue weighted by Crippen LogP contribution is -2.30. The predicted octanol–water partition coefficient (Wildman–Crippen LogP) is 2.43. The van der Waals surface area contributed by atoms with E-state index < -0.39 is 0 Å². The fourth-order valence-electron chi connectivity index (χ4n) is 2.49. The highest BCUT2D eigenvalue weighted by Gasteiger charge is 2.09. The minimum atomic E-state index is -0.381. The summed E-state index contributed by atoms with van der Waals surface area (Å²) < 4.78 is 5.76. The van der Waals surface area contributed by atoms with Crippen LogP contribution >= 0.6 is 0 Å². The van der Waals surface area contributed by atoms with E-state index in [2.05, 4.69) is 15.3 Å². The van der Waals surface area contributed by atoms with Gasteiger partial charge < -0.3 is 15.0 Å². The number of aryl methyl sites for hydroxylation is 1. The van der Waals surface area contributed by atoms with Crippen molar-refractivity contribution in [3.05, 3.63) is 70.3 Å². The zero-order chi connectivity index (χ0) is 17.6. The highest BCUT2D eigenvalue weighted by atomic mass is 16.5. The average Bonchev–Trinajstić information content (AvgIpc) is 2.61. The molecule has 0 saturated heterocycles. The minimum Gasteiger partial charge on any atom is -0.491 e. The quantitative estimate of drug-likeness (QED) is 0.677. The Morgan fingerprint density at radius 2 is 2.12 bits per heavy atom. The number of ether oxygens (including phenoxy) is 1. The van der Waals surface area contributed by atoms with Crippen LogP contribution in [0.2, 0.25) is 0 Å². The number of hydrogen-bond acceptors (Lipinski definition) is 4. The Bertz CT molecular complexity index is 945. The van der Waals surface area contributed by atoms with E-state index in [9.17, 15) is 9.59 Å². The Balaban J connectivity index is 1.50.